The number of hydrogen-bond acceptors (Lipinski definition) is 6. The molecule has 0 fully saturated rings. The number of aromatic amines is 1. The fourth-order valence-corrected chi connectivity index (χ4v) is 2.66. The largest absolute Gasteiger partial charge is 0.383 e. The Morgan fingerprint density at radius 3 is 2.75 bits per heavy atom. The fourth-order valence-electron chi connectivity index (χ4n) is 1.65. The molecule has 0 aliphatic carbocycles. The van der Waals surface area contributed by atoms with Crippen LogP contribution in [0.1, 0.15) is 17.3 Å². The van der Waals surface area contributed by atoms with E-state index in [0.717, 1.165) is 17.8 Å². The van der Waals surface area contributed by atoms with Crippen molar-refractivity contribution >= 4 is 41.0 Å². The van der Waals surface area contributed by atoms with Gasteiger partial charge in [-0.15, -0.1) is 0 Å². The van der Waals surface area contributed by atoms with E-state index < -0.39 is 22.6 Å². The molecule has 2 amide bonds. The number of hydrazine groups is 1. The number of amides is 2. The molecule has 0 unspecified atom stereocenters. The molecule has 0 aliphatic heterocycles. The molecule has 10 heteroatoms. The van der Waals surface area contributed by atoms with Gasteiger partial charge in [-0.2, -0.15) is 0 Å². The van der Waals surface area contributed by atoms with E-state index in [2.05, 4.69) is 20.8 Å². The number of rotatable bonds is 4. The second kappa shape index (κ2) is 7.84. The molecule has 126 valence electrons. The van der Waals surface area contributed by atoms with Crippen LogP contribution >= 0.6 is 23.4 Å². The molecule has 1 atom stereocenters. The molecule has 0 aliphatic rings. The molecule has 5 N–H and O–H groups in total. The first-order valence-corrected chi connectivity index (χ1v) is 8.00. The molecule has 0 saturated heterocycles. The first kappa shape index (κ1) is 17.8. The third kappa shape index (κ3) is 5.00. The summed E-state index contributed by atoms with van der Waals surface area (Å²) in [5.74, 6) is -0.915. The maximum atomic E-state index is 12.0. The summed E-state index contributed by atoms with van der Waals surface area (Å²) in [4.78, 5) is 41.6. The van der Waals surface area contributed by atoms with Gasteiger partial charge in [0.1, 0.15) is 5.82 Å². The molecule has 2 rings (SSSR count). The lowest BCUT2D eigenvalue weighted by atomic mass is 10.2. The predicted molar refractivity (Wildman–Crippen MR) is 91.6 cm³/mol. The van der Waals surface area contributed by atoms with Crippen molar-refractivity contribution in [1.82, 2.24) is 20.8 Å². The van der Waals surface area contributed by atoms with Crippen LogP contribution in [0.15, 0.2) is 40.3 Å². The van der Waals surface area contributed by atoms with Gasteiger partial charge in [-0.3, -0.25) is 25.2 Å². The number of H-pyrrole nitrogens is 1. The van der Waals surface area contributed by atoms with Gasteiger partial charge in [0.2, 0.25) is 0 Å². The second-order valence-electron chi connectivity index (χ2n) is 4.69. The summed E-state index contributed by atoms with van der Waals surface area (Å²) in [6.45, 7) is 1.59. The first-order valence-electron chi connectivity index (χ1n) is 6.74. The van der Waals surface area contributed by atoms with E-state index in [1.54, 1.807) is 25.1 Å². The maximum absolute atomic E-state index is 12.0. The zero-order valence-electron chi connectivity index (χ0n) is 12.5. The quantitative estimate of drug-likeness (QED) is 0.361. The Labute approximate surface area is 146 Å². The minimum Gasteiger partial charge on any atom is -0.383 e. The lowest BCUT2D eigenvalue weighted by Crippen LogP contribution is -2.45. The Bertz CT molecular complexity index is 826. The van der Waals surface area contributed by atoms with Crippen molar-refractivity contribution in [2.75, 3.05) is 5.73 Å². The van der Waals surface area contributed by atoms with Crippen molar-refractivity contribution in [1.29, 1.82) is 0 Å². The van der Waals surface area contributed by atoms with E-state index in [4.69, 9.17) is 17.3 Å². The third-order valence-corrected chi connectivity index (χ3v) is 4.00. The number of thioether (sulfide) groups is 1. The van der Waals surface area contributed by atoms with Gasteiger partial charge < -0.3 is 10.7 Å². The second-order valence-corrected chi connectivity index (χ2v) is 6.46. The van der Waals surface area contributed by atoms with Gasteiger partial charge in [0.25, 0.3) is 17.4 Å². The molecule has 0 bridgehead atoms. The summed E-state index contributed by atoms with van der Waals surface area (Å²) in [5.41, 5.74) is 9.96. The van der Waals surface area contributed by atoms with Gasteiger partial charge in [-0.25, -0.2) is 4.98 Å². The Morgan fingerprint density at radius 2 is 2.08 bits per heavy atom. The predicted octanol–water partition coefficient (Wildman–Crippen LogP) is 0.947. The molecule has 1 heterocycles. The van der Waals surface area contributed by atoms with Gasteiger partial charge >= 0.3 is 0 Å². The Morgan fingerprint density at radius 1 is 1.33 bits per heavy atom. The van der Waals surface area contributed by atoms with Gasteiger partial charge in [-0.1, -0.05) is 29.4 Å². The van der Waals surface area contributed by atoms with E-state index in [9.17, 15) is 14.4 Å². The minimum absolute atomic E-state index is 0.0584. The van der Waals surface area contributed by atoms with E-state index in [-0.39, 0.29) is 11.0 Å². The van der Waals surface area contributed by atoms with Crippen LogP contribution in [-0.4, -0.2) is 27.0 Å². The highest BCUT2D eigenvalue weighted by atomic mass is 35.5. The Kier molecular flexibility index (Phi) is 5.83. The summed E-state index contributed by atoms with van der Waals surface area (Å²) in [5, 5.41) is -0.00646. The topological polar surface area (TPSA) is 130 Å². The Balaban J connectivity index is 1.92. The zero-order chi connectivity index (χ0) is 17.7. The van der Waals surface area contributed by atoms with Gasteiger partial charge in [0, 0.05) is 16.7 Å². The van der Waals surface area contributed by atoms with Crippen molar-refractivity contribution in [2.45, 2.75) is 17.3 Å². The van der Waals surface area contributed by atoms with Crippen LogP contribution in [0.2, 0.25) is 5.02 Å². The van der Waals surface area contributed by atoms with Crippen LogP contribution < -0.4 is 22.1 Å². The van der Waals surface area contributed by atoms with Crippen LogP contribution in [0.4, 0.5) is 5.82 Å². The zero-order valence-corrected chi connectivity index (χ0v) is 14.1. The molecule has 24 heavy (non-hydrogen) atoms. The number of anilines is 1. The van der Waals surface area contributed by atoms with Crippen molar-refractivity contribution in [2.24, 2.45) is 0 Å². The molecule has 0 radical (unpaired) electrons. The number of carbonyl (C=O) groups is 2. The van der Waals surface area contributed by atoms with Crippen molar-refractivity contribution in [3.8, 4) is 0 Å². The average molecular weight is 368 g/mol. The fraction of sp³-hybridized carbons (Fsp3) is 0.143. The number of nitrogen functional groups attached to an aromatic ring is 1. The molecule has 1 aromatic heterocycles. The number of nitrogens with two attached hydrogens (primary N) is 1. The number of benzene rings is 1. The van der Waals surface area contributed by atoms with Crippen molar-refractivity contribution in [3.05, 3.63) is 51.3 Å². The highest BCUT2D eigenvalue weighted by molar-refractivity contribution is 8.00. The lowest BCUT2D eigenvalue weighted by molar-refractivity contribution is -0.121. The summed E-state index contributed by atoms with van der Waals surface area (Å²) < 4.78 is 0. The van der Waals surface area contributed by atoms with Gasteiger partial charge in [0.05, 0.1) is 5.25 Å². The number of carbonyl (C=O) groups excluding carboxylic acids is 2. The number of nitrogens with one attached hydrogen (secondary N) is 3. The standard InChI is InChI=1S/C14H14ClN5O3S/c1-7(24-14-17-10(16)6-11(21)18-14)12(22)19-20-13(23)8-3-2-4-9(15)5-8/h2-7H,1H3,(H,19,22)(H,20,23)(H3,16,17,18,21)/t7-/m0/s1. The van der Waals surface area contributed by atoms with Crippen LogP contribution in [0, 0.1) is 0 Å². The van der Waals surface area contributed by atoms with E-state index >= 15 is 0 Å². The molecular weight excluding hydrogens is 354 g/mol. The number of halogens is 1. The van der Waals surface area contributed by atoms with E-state index in [1.165, 1.54) is 6.07 Å². The van der Waals surface area contributed by atoms with E-state index in [1.807, 2.05) is 0 Å². The van der Waals surface area contributed by atoms with Crippen molar-refractivity contribution < 1.29 is 9.59 Å². The molecule has 2 aromatic rings. The monoisotopic (exact) mass is 367 g/mol. The molecule has 0 spiro atoms. The van der Waals surface area contributed by atoms with Crippen LogP contribution in [0.3, 0.4) is 0 Å². The summed E-state index contributed by atoms with van der Waals surface area (Å²) in [6.07, 6.45) is 0. The highest BCUT2D eigenvalue weighted by Crippen LogP contribution is 2.18. The van der Waals surface area contributed by atoms with Crippen LogP contribution in [0.25, 0.3) is 0 Å². The van der Waals surface area contributed by atoms with Gasteiger partial charge in [0.15, 0.2) is 5.16 Å². The van der Waals surface area contributed by atoms with Crippen molar-refractivity contribution in [3.63, 3.8) is 0 Å². The average Bonchev–Trinajstić information content (AvgIpc) is 2.51. The molecule has 0 saturated carbocycles. The summed E-state index contributed by atoms with van der Waals surface area (Å²) in [7, 11) is 0. The molecule has 1 aromatic carbocycles. The highest BCUT2D eigenvalue weighted by Gasteiger charge is 2.17. The SMILES string of the molecule is C[C@H](Sc1nc(N)cc(=O)[nH]1)C(=O)NNC(=O)c1cccc(Cl)c1. The summed E-state index contributed by atoms with van der Waals surface area (Å²) in [6, 6.07) is 7.43. The maximum Gasteiger partial charge on any atom is 0.269 e. The van der Waals surface area contributed by atoms with Crippen LogP contribution in [0.5, 0.6) is 0 Å². The summed E-state index contributed by atoms with van der Waals surface area (Å²) >= 11 is 6.80. The number of nitrogens with zero attached hydrogens (tertiary/aromatic N) is 1. The normalized spacial score (nSPS) is 11.6. The Hall–Kier alpha value is -2.52. The first-order chi connectivity index (χ1) is 11.3. The third-order valence-electron chi connectivity index (χ3n) is 2.78. The molecular formula is C14H14ClN5O3S. The minimum atomic E-state index is -0.630. The number of hydrogen-bond donors (Lipinski definition) is 4. The smallest absolute Gasteiger partial charge is 0.269 e. The lowest BCUT2D eigenvalue weighted by Gasteiger charge is -2.12. The van der Waals surface area contributed by atoms with Crippen LogP contribution in [-0.2, 0) is 4.79 Å². The van der Waals surface area contributed by atoms with Gasteiger partial charge in [-0.05, 0) is 25.1 Å². The molecule has 8 nitrogen and oxygen atoms in total. The number of aromatic nitrogens is 2. The van der Waals surface area contributed by atoms with E-state index in [0.29, 0.717) is 10.6 Å².